The van der Waals surface area contributed by atoms with Crippen LogP contribution >= 0.6 is 0 Å². The summed E-state index contributed by atoms with van der Waals surface area (Å²) in [7, 11) is 1.82. The van der Waals surface area contributed by atoms with E-state index >= 15 is 0 Å². The quantitative estimate of drug-likeness (QED) is 0.651. The summed E-state index contributed by atoms with van der Waals surface area (Å²) in [5.74, 6) is 0.659. The summed E-state index contributed by atoms with van der Waals surface area (Å²) in [6, 6.07) is 5.01. The van der Waals surface area contributed by atoms with Gasteiger partial charge < -0.3 is 9.84 Å². The molecule has 1 atom stereocenters. The number of pyridine rings is 2. The van der Waals surface area contributed by atoms with Crippen LogP contribution < -0.4 is 5.32 Å². The number of alkyl halides is 3. The number of aryl methyl sites for hydroxylation is 1. The fourth-order valence-electron chi connectivity index (χ4n) is 4.16. The summed E-state index contributed by atoms with van der Waals surface area (Å²) < 4.78 is 46.6. The van der Waals surface area contributed by atoms with Crippen LogP contribution in [0.5, 0.6) is 0 Å². The summed E-state index contributed by atoms with van der Waals surface area (Å²) in [6.07, 6.45) is -0.735. The van der Waals surface area contributed by atoms with E-state index in [4.69, 9.17) is 4.52 Å². The van der Waals surface area contributed by atoms with Gasteiger partial charge in [-0.15, -0.1) is 0 Å². The zero-order valence-corrected chi connectivity index (χ0v) is 17.0. The second kappa shape index (κ2) is 8.22. The molecule has 160 valence electrons. The molecule has 4 heterocycles. The number of likely N-dealkylation sites (tertiary alicyclic amines) is 1. The molecule has 0 radical (unpaired) electrons. The number of anilines is 1. The van der Waals surface area contributed by atoms with E-state index in [-0.39, 0.29) is 17.0 Å². The Morgan fingerprint density at radius 3 is 2.90 bits per heavy atom. The fraction of sp³-hybridized carbons (Fsp3) is 0.476. The van der Waals surface area contributed by atoms with E-state index in [0.717, 1.165) is 36.8 Å². The van der Waals surface area contributed by atoms with Crippen molar-refractivity contribution >= 4 is 16.9 Å². The number of halogens is 3. The van der Waals surface area contributed by atoms with Gasteiger partial charge in [-0.3, -0.25) is 4.90 Å². The van der Waals surface area contributed by atoms with Crippen molar-refractivity contribution in [2.75, 3.05) is 25.5 Å². The van der Waals surface area contributed by atoms with Gasteiger partial charge in [0.05, 0.1) is 16.6 Å². The molecule has 1 N–H and O–H groups in total. The van der Waals surface area contributed by atoms with Gasteiger partial charge in [-0.2, -0.15) is 13.2 Å². The summed E-state index contributed by atoms with van der Waals surface area (Å²) in [5.41, 5.74) is 1.02. The van der Waals surface area contributed by atoms with Gasteiger partial charge in [0.1, 0.15) is 5.82 Å². The predicted molar refractivity (Wildman–Crippen MR) is 107 cm³/mol. The van der Waals surface area contributed by atoms with Crippen molar-refractivity contribution in [1.29, 1.82) is 0 Å². The molecule has 3 aromatic heterocycles. The van der Waals surface area contributed by atoms with Gasteiger partial charge in [-0.05, 0) is 37.9 Å². The Balaban J connectivity index is 1.65. The lowest BCUT2D eigenvalue weighted by Crippen LogP contribution is -2.34. The Morgan fingerprint density at radius 2 is 2.17 bits per heavy atom. The first-order chi connectivity index (χ1) is 14.4. The minimum atomic E-state index is -4.49. The third-order valence-corrected chi connectivity index (χ3v) is 5.61. The lowest BCUT2D eigenvalue weighted by molar-refractivity contribution is -0.136. The SMILES string of the molecule is CCc1cc(C(F)(F)F)c2c(C3CCCN(Cc4cccnc4NC)C3)noc2n1. The van der Waals surface area contributed by atoms with Crippen LogP contribution in [0.4, 0.5) is 19.0 Å². The monoisotopic (exact) mass is 419 g/mol. The third-order valence-electron chi connectivity index (χ3n) is 5.61. The summed E-state index contributed by atoms with van der Waals surface area (Å²) in [6.45, 7) is 3.91. The van der Waals surface area contributed by atoms with Gasteiger partial charge in [0.25, 0.3) is 5.71 Å². The molecule has 3 aromatic rings. The standard InChI is InChI=1S/C21H24F3N5O/c1-3-15-10-16(21(22,23)24)17-18(28-30-20(17)27-15)13-7-5-9-29(11-13)12-14-6-4-8-26-19(14)25-2/h4,6,8,10,13H,3,5,7,9,11-12H2,1-2H3,(H,25,26). The zero-order chi connectivity index (χ0) is 21.3. The molecule has 9 heteroatoms. The second-order valence-corrected chi connectivity index (χ2v) is 7.60. The normalized spacial score (nSPS) is 18.1. The van der Waals surface area contributed by atoms with Crippen molar-refractivity contribution in [2.45, 2.75) is 44.8 Å². The molecule has 1 aliphatic rings. The molecule has 0 saturated carbocycles. The first kappa shape index (κ1) is 20.6. The van der Waals surface area contributed by atoms with Crippen LogP contribution in [-0.2, 0) is 19.1 Å². The maximum absolute atomic E-state index is 13.8. The molecule has 1 fully saturated rings. The highest BCUT2D eigenvalue weighted by Crippen LogP contribution is 2.40. The first-order valence-corrected chi connectivity index (χ1v) is 10.1. The number of hydrogen-bond donors (Lipinski definition) is 1. The number of nitrogens with zero attached hydrogens (tertiary/aromatic N) is 4. The Kier molecular flexibility index (Phi) is 5.64. The molecule has 0 spiro atoms. The van der Waals surface area contributed by atoms with E-state index in [2.05, 4.69) is 25.3 Å². The van der Waals surface area contributed by atoms with Crippen LogP contribution in [0, 0.1) is 0 Å². The van der Waals surface area contributed by atoms with Gasteiger partial charge in [0.15, 0.2) is 0 Å². The Morgan fingerprint density at radius 1 is 1.33 bits per heavy atom. The molecule has 0 bridgehead atoms. The molecule has 30 heavy (non-hydrogen) atoms. The van der Waals surface area contributed by atoms with E-state index < -0.39 is 11.7 Å². The topological polar surface area (TPSA) is 67.1 Å². The maximum atomic E-state index is 13.8. The predicted octanol–water partition coefficient (Wildman–Crippen LogP) is 4.62. The first-order valence-electron chi connectivity index (χ1n) is 10.1. The highest BCUT2D eigenvalue weighted by atomic mass is 19.4. The van der Waals surface area contributed by atoms with Crippen LogP contribution in [0.1, 0.15) is 48.2 Å². The second-order valence-electron chi connectivity index (χ2n) is 7.60. The maximum Gasteiger partial charge on any atom is 0.417 e. The van der Waals surface area contributed by atoms with Gasteiger partial charge in [0.2, 0.25) is 0 Å². The van der Waals surface area contributed by atoms with Crippen molar-refractivity contribution in [2.24, 2.45) is 0 Å². The minimum Gasteiger partial charge on any atom is -0.373 e. The van der Waals surface area contributed by atoms with Crippen molar-refractivity contribution in [3.8, 4) is 0 Å². The van der Waals surface area contributed by atoms with Gasteiger partial charge >= 0.3 is 6.18 Å². The summed E-state index contributed by atoms with van der Waals surface area (Å²) in [5, 5.41) is 7.14. The molecular weight excluding hydrogens is 395 g/mol. The van der Waals surface area contributed by atoms with E-state index in [9.17, 15) is 13.2 Å². The van der Waals surface area contributed by atoms with Crippen molar-refractivity contribution < 1.29 is 17.7 Å². The van der Waals surface area contributed by atoms with Crippen LogP contribution in [0.15, 0.2) is 28.9 Å². The van der Waals surface area contributed by atoms with Crippen molar-refractivity contribution in [1.82, 2.24) is 20.0 Å². The largest absolute Gasteiger partial charge is 0.417 e. The highest BCUT2D eigenvalue weighted by molar-refractivity contribution is 5.81. The van der Waals surface area contributed by atoms with E-state index in [1.165, 1.54) is 0 Å². The molecule has 1 aliphatic heterocycles. The summed E-state index contributed by atoms with van der Waals surface area (Å²) >= 11 is 0. The Labute approximate surface area is 172 Å². The number of fused-ring (bicyclic) bond motifs is 1. The lowest BCUT2D eigenvalue weighted by Gasteiger charge is -2.32. The number of piperidine rings is 1. The number of rotatable bonds is 5. The number of nitrogens with one attached hydrogen (secondary N) is 1. The fourth-order valence-corrected chi connectivity index (χ4v) is 4.16. The van der Waals surface area contributed by atoms with Crippen molar-refractivity contribution in [3.63, 3.8) is 0 Å². The van der Waals surface area contributed by atoms with Crippen LogP contribution in [0.25, 0.3) is 11.1 Å². The van der Waals surface area contributed by atoms with Gasteiger partial charge in [-0.1, -0.05) is 18.1 Å². The smallest absolute Gasteiger partial charge is 0.373 e. The molecule has 6 nitrogen and oxygen atoms in total. The molecule has 1 saturated heterocycles. The van der Waals surface area contributed by atoms with E-state index in [0.29, 0.717) is 30.9 Å². The Bertz CT molecular complexity index is 1030. The lowest BCUT2D eigenvalue weighted by atomic mass is 9.91. The molecule has 4 rings (SSSR count). The Hall–Kier alpha value is -2.68. The van der Waals surface area contributed by atoms with E-state index in [1.807, 2.05) is 19.2 Å². The molecule has 1 unspecified atom stereocenters. The number of aromatic nitrogens is 3. The zero-order valence-electron chi connectivity index (χ0n) is 17.0. The van der Waals surface area contributed by atoms with Gasteiger partial charge in [0, 0.05) is 43.5 Å². The molecular formula is C21H24F3N5O. The van der Waals surface area contributed by atoms with Crippen LogP contribution in [0.3, 0.4) is 0 Å². The highest BCUT2D eigenvalue weighted by Gasteiger charge is 2.38. The summed E-state index contributed by atoms with van der Waals surface area (Å²) in [4.78, 5) is 10.8. The number of hydrogen-bond acceptors (Lipinski definition) is 6. The minimum absolute atomic E-state index is 0.00356. The average molecular weight is 419 g/mol. The van der Waals surface area contributed by atoms with E-state index in [1.54, 1.807) is 13.1 Å². The molecule has 0 aliphatic carbocycles. The average Bonchev–Trinajstić information content (AvgIpc) is 3.17. The molecule has 0 aromatic carbocycles. The molecule has 0 amide bonds. The van der Waals surface area contributed by atoms with Crippen molar-refractivity contribution in [3.05, 3.63) is 46.9 Å². The third kappa shape index (κ3) is 3.98. The van der Waals surface area contributed by atoms with Gasteiger partial charge in [-0.25, -0.2) is 9.97 Å². The van der Waals surface area contributed by atoms with Crippen LogP contribution in [-0.4, -0.2) is 40.2 Å². The van der Waals surface area contributed by atoms with Crippen LogP contribution in [0.2, 0.25) is 0 Å².